The van der Waals surface area contributed by atoms with Crippen LogP contribution in [0.3, 0.4) is 0 Å². The molecule has 0 aliphatic heterocycles. The summed E-state index contributed by atoms with van der Waals surface area (Å²) in [5.41, 5.74) is 1.59. The molecular weight excluding hydrogens is 450 g/mol. The molecule has 1 aliphatic rings. The largest absolute Gasteiger partial charge is 0.479 e. The topological polar surface area (TPSA) is 94.7 Å². The first-order chi connectivity index (χ1) is 16.6. The Morgan fingerprint density at radius 2 is 1.97 bits per heavy atom. The number of benzene rings is 2. The minimum atomic E-state index is -2.22. The lowest BCUT2D eigenvalue weighted by Gasteiger charge is -2.34. The van der Waals surface area contributed by atoms with Crippen molar-refractivity contribution in [2.75, 3.05) is 0 Å². The van der Waals surface area contributed by atoms with Gasteiger partial charge in [-0.15, -0.1) is 0 Å². The fourth-order valence-corrected chi connectivity index (χ4v) is 5.55. The third-order valence-electron chi connectivity index (χ3n) is 7.38. The molecule has 1 saturated carbocycles. The molecule has 2 aromatic carbocycles. The molecular formula is C27H26F2N4O2. The molecule has 1 fully saturated rings. The van der Waals surface area contributed by atoms with E-state index in [1.54, 1.807) is 18.3 Å². The first-order valence-electron chi connectivity index (χ1n) is 11.7. The summed E-state index contributed by atoms with van der Waals surface area (Å²) < 4.78 is 30.8. The highest BCUT2D eigenvalue weighted by Gasteiger charge is 2.44. The van der Waals surface area contributed by atoms with Gasteiger partial charge in [-0.05, 0) is 73.6 Å². The van der Waals surface area contributed by atoms with E-state index in [1.165, 1.54) is 12.1 Å². The van der Waals surface area contributed by atoms with E-state index in [0.717, 1.165) is 38.8 Å². The highest BCUT2D eigenvalue weighted by atomic mass is 19.1. The van der Waals surface area contributed by atoms with E-state index in [2.05, 4.69) is 20.8 Å². The molecule has 5 rings (SSSR count). The average Bonchev–Trinajstić information content (AvgIpc) is 3.41. The quantitative estimate of drug-likeness (QED) is 0.354. The SMILES string of the molecule is CC(C)(CC#N)c1c(C2CCC(F)(C(=O)O)CC2)c2cc3[nH]ncc3cc2n1-c1ccc(F)cc1. The van der Waals surface area contributed by atoms with Gasteiger partial charge in [0.15, 0.2) is 0 Å². The fraction of sp³-hybridized carbons (Fsp3) is 0.370. The Bertz CT molecular complexity index is 1470. The number of hydrogen-bond acceptors (Lipinski definition) is 3. The normalized spacial score (nSPS) is 20.8. The number of H-pyrrole nitrogens is 1. The van der Waals surface area contributed by atoms with Crippen LogP contribution in [0.4, 0.5) is 8.78 Å². The minimum Gasteiger partial charge on any atom is -0.479 e. The van der Waals surface area contributed by atoms with Crippen LogP contribution in [0.1, 0.15) is 63.1 Å². The highest BCUT2D eigenvalue weighted by molar-refractivity contribution is 5.99. The Kier molecular flexibility index (Phi) is 5.39. The van der Waals surface area contributed by atoms with Crippen LogP contribution in [0.25, 0.3) is 27.5 Å². The van der Waals surface area contributed by atoms with E-state index in [4.69, 9.17) is 0 Å². The molecule has 2 N–H and O–H groups in total. The number of aromatic nitrogens is 3. The summed E-state index contributed by atoms with van der Waals surface area (Å²) in [6.45, 7) is 4.00. The molecule has 6 nitrogen and oxygen atoms in total. The van der Waals surface area contributed by atoms with E-state index in [-0.39, 0.29) is 31.0 Å². The summed E-state index contributed by atoms with van der Waals surface area (Å²) >= 11 is 0. The van der Waals surface area contributed by atoms with Crippen molar-refractivity contribution in [3.8, 4) is 11.8 Å². The number of nitrogens with zero attached hydrogens (tertiary/aromatic N) is 3. The number of hydrogen-bond donors (Lipinski definition) is 2. The Morgan fingerprint density at radius 1 is 1.29 bits per heavy atom. The summed E-state index contributed by atoms with van der Waals surface area (Å²) in [7, 11) is 0. The number of carboxylic acids is 1. The molecule has 8 heteroatoms. The summed E-state index contributed by atoms with van der Waals surface area (Å²) in [5.74, 6) is -1.84. The molecule has 0 radical (unpaired) electrons. The van der Waals surface area contributed by atoms with Gasteiger partial charge in [0.05, 0.1) is 23.3 Å². The van der Waals surface area contributed by atoms with Gasteiger partial charge in [0, 0.05) is 34.0 Å². The molecule has 1 aliphatic carbocycles. The monoisotopic (exact) mass is 476 g/mol. The number of alkyl halides is 1. The van der Waals surface area contributed by atoms with Crippen molar-refractivity contribution in [1.82, 2.24) is 14.8 Å². The lowest BCUT2D eigenvalue weighted by molar-refractivity contribution is -0.153. The van der Waals surface area contributed by atoms with Crippen LogP contribution in [-0.2, 0) is 10.2 Å². The van der Waals surface area contributed by atoms with Gasteiger partial charge in [0.2, 0.25) is 5.67 Å². The molecule has 35 heavy (non-hydrogen) atoms. The number of nitrogens with one attached hydrogen (secondary N) is 1. The maximum absolute atomic E-state index is 14.9. The van der Waals surface area contributed by atoms with Gasteiger partial charge >= 0.3 is 5.97 Å². The predicted molar refractivity (Wildman–Crippen MR) is 129 cm³/mol. The molecule has 0 amide bonds. The number of carbonyl (C=O) groups is 1. The maximum Gasteiger partial charge on any atom is 0.341 e. The first kappa shape index (κ1) is 23.0. The highest BCUT2D eigenvalue weighted by Crippen LogP contribution is 2.49. The van der Waals surface area contributed by atoms with Gasteiger partial charge < -0.3 is 9.67 Å². The van der Waals surface area contributed by atoms with Crippen LogP contribution in [0, 0.1) is 17.1 Å². The van der Waals surface area contributed by atoms with Crippen molar-refractivity contribution >= 4 is 27.8 Å². The number of aliphatic carboxylic acids is 1. The van der Waals surface area contributed by atoms with Crippen LogP contribution in [-0.4, -0.2) is 31.5 Å². The zero-order valence-corrected chi connectivity index (χ0v) is 19.6. The lowest BCUT2D eigenvalue weighted by atomic mass is 9.73. The smallest absolute Gasteiger partial charge is 0.341 e. The van der Waals surface area contributed by atoms with Crippen molar-refractivity contribution in [2.45, 2.75) is 63.0 Å². The van der Waals surface area contributed by atoms with E-state index in [0.29, 0.717) is 12.8 Å². The molecule has 0 unspecified atom stereocenters. The minimum absolute atomic E-state index is 0.0688. The summed E-state index contributed by atoms with van der Waals surface area (Å²) in [4.78, 5) is 11.5. The molecule has 0 bridgehead atoms. The molecule has 4 aromatic rings. The van der Waals surface area contributed by atoms with Crippen molar-refractivity contribution < 1.29 is 18.7 Å². The Hall–Kier alpha value is -3.73. The van der Waals surface area contributed by atoms with E-state index >= 15 is 0 Å². The number of rotatable bonds is 5. The number of halogens is 2. The van der Waals surface area contributed by atoms with Crippen LogP contribution < -0.4 is 0 Å². The Labute approximate surface area is 201 Å². The second-order valence-corrected chi connectivity index (χ2v) is 10.2. The zero-order chi connectivity index (χ0) is 25.0. The predicted octanol–water partition coefficient (Wildman–Crippen LogP) is 6.29. The third kappa shape index (κ3) is 3.75. The molecule has 2 heterocycles. The van der Waals surface area contributed by atoms with Crippen LogP contribution in [0.2, 0.25) is 0 Å². The summed E-state index contributed by atoms with van der Waals surface area (Å²) in [6, 6.07) is 12.6. The summed E-state index contributed by atoms with van der Waals surface area (Å²) in [5, 5.41) is 28.1. The number of nitriles is 1. The number of fused-ring (bicyclic) bond motifs is 2. The van der Waals surface area contributed by atoms with Crippen molar-refractivity contribution in [3.63, 3.8) is 0 Å². The molecule has 0 atom stereocenters. The van der Waals surface area contributed by atoms with Gasteiger partial charge in [-0.25, -0.2) is 13.6 Å². The lowest BCUT2D eigenvalue weighted by Crippen LogP contribution is -2.37. The number of aromatic amines is 1. The van der Waals surface area contributed by atoms with Gasteiger partial charge in [-0.3, -0.25) is 5.10 Å². The van der Waals surface area contributed by atoms with E-state index < -0.39 is 17.1 Å². The fourth-order valence-electron chi connectivity index (χ4n) is 5.55. The Morgan fingerprint density at radius 3 is 2.60 bits per heavy atom. The van der Waals surface area contributed by atoms with Crippen molar-refractivity contribution in [3.05, 3.63) is 59.7 Å². The Balaban J connectivity index is 1.82. The van der Waals surface area contributed by atoms with E-state index in [9.17, 15) is 23.9 Å². The second-order valence-electron chi connectivity index (χ2n) is 10.2. The third-order valence-corrected chi connectivity index (χ3v) is 7.38. The standard InChI is InChI=1S/C27H26F2N4O2/c1-26(2,11-12-30)24-23(16-7-9-27(29,10-8-16)25(34)35)20-14-21-17(15-31-32-21)13-22(20)33(24)19-5-3-18(28)4-6-19/h3-6,13-16H,7-11H2,1-2H3,(H,31,32)(H,34,35). The van der Waals surface area contributed by atoms with E-state index in [1.807, 2.05) is 26.0 Å². The van der Waals surface area contributed by atoms with Crippen LogP contribution in [0.5, 0.6) is 0 Å². The molecule has 2 aromatic heterocycles. The van der Waals surface area contributed by atoms with Crippen molar-refractivity contribution in [2.24, 2.45) is 0 Å². The van der Waals surface area contributed by atoms with Gasteiger partial charge in [0.25, 0.3) is 0 Å². The first-order valence-corrected chi connectivity index (χ1v) is 11.7. The summed E-state index contributed by atoms with van der Waals surface area (Å²) in [6.07, 6.45) is 2.60. The molecule has 0 spiro atoms. The second kappa shape index (κ2) is 8.19. The molecule has 0 saturated heterocycles. The maximum atomic E-state index is 14.9. The average molecular weight is 477 g/mol. The van der Waals surface area contributed by atoms with Crippen LogP contribution >= 0.6 is 0 Å². The number of carboxylic acid groups (broad SMARTS) is 1. The van der Waals surface area contributed by atoms with Gasteiger partial charge in [0.1, 0.15) is 5.82 Å². The van der Waals surface area contributed by atoms with Gasteiger partial charge in [-0.2, -0.15) is 10.4 Å². The molecule has 180 valence electrons. The van der Waals surface area contributed by atoms with Gasteiger partial charge in [-0.1, -0.05) is 13.8 Å². The zero-order valence-electron chi connectivity index (χ0n) is 19.6. The van der Waals surface area contributed by atoms with Crippen molar-refractivity contribution in [1.29, 1.82) is 5.26 Å². The van der Waals surface area contributed by atoms with Crippen LogP contribution in [0.15, 0.2) is 42.6 Å².